The van der Waals surface area contributed by atoms with Crippen molar-refractivity contribution >= 4 is 0 Å². The molecule has 0 unspecified atom stereocenters. The summed E-state index contributed by atoms with van der Waals surface area (Å²) in [6.45, 7) is 3.57. The van der Waals surface area contributed by atoms with Crippen LogP contribution in [-0.2, 0) is 19.0 Å². The fraction of sp³-hybridized carbons (Fsp3) is 0.429. The number of halogens is 3. The summed E-state index contributed by atoms with van der Waals surface area (Å²) >= 11 is 0. The monoisotopic (exact) mass is 299 g/mol. The van der Waals surface area contributed by atoms with Crippen molar-refractivity contribution in [1.29, 1.82) is 0 Å². The van der Waals surface area contributed by atoms with Crippen LogP contribution in [-0.4, -0.2) is 23.2 Å². The summed E-state index contributed by atoms with van der Waals surface area (Å²) < 4.78 is 42.9. The fourth-order valence-corrected chi connectivity index (χ4v) is 1.88. The van der Waals surface area contributed by atoms with Crippen molar-refractivity contribution in [3.8, 4) is 0 Å². The van der Waals surface area contributed by atoms with Crippen molar-refractivity contribution in [2.24, 2.45) is 0 Å². The van der Waals surface area contributed by atoms with Gasteiger partial charge in [-0.3, -0.25) is 0 Å². The molecule has 4 nitrogen and oxygen atoms in total. The molecule has 0 fully saturated rings. The van der Waals surface area contributed by atoms with Gasteiger partial charge in [0.15, 0.2) is 5.82 Å². The second kappa shape index (κ2) is 6.71. The van der Waals surface area contributed by atoms with E-state index in [-0.39, 0.29) is 6.42 Å². The first-order chi connectivity index (χ1) is 9.99. The van der Waals surface area contributed by atoms with Crippen molar-refractivity contribution in [1.82, 2.24) is 15.5 Å². The van der Waals surface area contributed by atoms with E-state index < -0.39 is 11.7 Å². The standard InChI is InChI=1S/C14H16F3N3O/c1-2-18-7-6-13-19-12(20-21-13)9-10-4-3-5-11(8-10)14(15,16)17/h3-5,8,18H,2,6-7,9H2,1H3. The van der Waals surface area contributed by atoms with Gasteiger partial charge in [0, 0.05) is 19.4 Å². The molecular weight excluding hydrogens is 283 g/mol. The van der Waals surface area contributed by atoms with E-state index in [1.54, 1.807) is 6.07 Å². The third-order valence-corrected chi connectivity index (χ3v) is 2.89. The Morgan fingerprint density at radius 2 is 2.10 bits per heavy atom. The lowest BCUT2D eigenvalue weighted by Gasteiger charge is -2.07. The van der Waals surface area contributed by atoms with E-state index in [0.29, 0.717) is 23.7 Å². The van der Waals surface area contributed by atoms with Crippen LogP contribution in [0.5, 0.6) is 0 Å². The molecule has 7 heteroatoms. The van der Waals surface area contributed by atoms with Crippen molar-refractivity contribution in [2.45, 2.75) is 25.9 Å². The molecule has 21 heavy (non-hydrogen) atoms. The molecule has 0 bridgehead atoms. The Kier molecular flexibility index (Phi) is 4.95. The third kappa shape index (κ3) is 4.56. The Morgan fingerprint density at radius 1 is 1.29 bits per heavy atom. The minimum Gasteiger partial charge on any atom is -0.339 e. The van der Waals surface area contributed by atoms with Gasteiger partial charge in [-0.15, -0.1) is 0 Å². The van der Waals surface area contributed by atoms with Crippen LogP contribution >= 0.6 is 0 Å². The molecule has 1 heterocycles. The molecule has 0 spiro atoms. The smallest absolute Gasteiger partial charge is 0.339 e. The van der Waals surface area contributed by atoms with Crippen LogP contribution < -0.4 is 5.32 Å². The number of hydrogen-bond donors (Lipinski definition) is 1. The van der Waals surface area contributed by atoms with Crippen molar-refractivity contribution in [2.75, 3.05) is 13.1 Å². The minimum atomic E-state index is -4.34. The number of likely N-dealkylation sites (N-methyl/N-ethyl adjacent to an activating group) is 1. The first-order valence-electron chi connectivity index (χ1n) is 6.67. The van der Waals surface area contributed by atoms with Crippen LogP contribution in [0.2, 0.25) is 0 Å². The molecule has 0 atom stereocenters. The number of rotatable bonds is 6. The van der Waals surface area contributed by atoms with Crippen molar-refractivity contribution in [3.63, 3.8) is 0 Å². The Bertz CT molecular complexity index is 581. The largest absolute Gasteiger partial charge is 0.416 e. The van der Waals surface area contributed by atoms with Crippen LogP contribution in [0.1, 0.15) is 29.8 Å². The maximum Gasteiger partial charge on any atom is 0.416 e. The summed E-state index contributed by atoms with van der Waals surface area (Å²) in [6.07, 6.45) is -3.53. The molecule has 2 aromatic rings. The highest BCUT2D eigenvalue weighted by Gasteiger charge is 2.30. The van der Waals surface area contributed by atoms with Crippen LogP contribution in [0.25, 0.3) is 0 Å². The Morgan fingerprint density at radius 3 is 2.81 bits per heavy atom. The third-order valence-electron chi connectivity index (χ3n) is 2.89. The van der Waals surface area contributed by atoms with Gasteiger partial charge in [0.1, 0.15) is 0 Å². The molecule has 1 N–H and O–H groups in total. The van der Waals surface area contributed by atoms with E-state index in [9.17, 15) is 13.2 Å². The van der Waals surface area contributed by atoms with Gasteiger partial charge in [-0.25, -0.2) is 0 Å². The first kappa shape index (κ1) is 15.5. The highest BCUT2D eigenvalue weighted by Crippen LogP contribution is 2.29. The van der Waals surface area contributed by atoms with Gasteiger partial charge in [-0.05, 0) is 18.2 Å². The van der Waals surface area contributed by atoms with Gasteiger partial charge in [0.2, 0.25) is 5.89 Å². The molecule has 0 aliphatic carbocycles. The average molecular weight is 299 g/mol. The molecule has 0 saturated carbocycles. The zero-order valence-corrected chi connectivity index (χ0v) is 11.6. The SMILES string of the molecule is CCNCCc1nc(Cc2cccc(C(F)(F)F)c2)no1. The van der Waals surface area contributed by atoms with E-state index in [4.69, 9.17) is 4.52 Å². The zero-order valence-electron chi connectivity index (χ0n) is 11.6. The van der Waals surface area contributed by atoms with Crippen LogP contribution in [0.15, 0.2) is 28.8 Å². The van der Waals surface area contributed by atoms with E-state index >= 15 is 0 Å². The van der Waals surface area contributed by atoms with Gasteiger partial charge < -0.3 is 9.84 Å². The second-order valence-electron chi connectivity index (χ2n) is 4.58. The Hall–Kier alpha value is -1.89. The maximum atomic E-state index is 12.6. The highest BCUT2D eigenvalue weighted by atomic mass is 19.4. The summed E-state index contributed by atoms with van der Waals surface area (Å²) in [5, 5.41) is 6.91. The molecule has 1 aromatic heterocycles. The molecular formula is C14H16F3N3O. The summed E-state index contributed by atoms with van der Waals surface area (Å²) in [5.74, 6) is 0.874. The lowest BCUT2D eigenvalue weighted by Crippen LogP contribution is -2.16. The molecule has 2 rings (SSSR count). The number of nitrogens with zero attached hydrogens (tertiary/aromatic N) is 2. The van der Waals surface area contributed by atoms with E-state index in [0.717, 1.165) is 25.2 Å². The van der Waals surface area contributed by atoms with Gasteiger partial charge in [0.25, 0.3) is 0 Å². The molecule has 0 amide bonds. The van der Waals surface area contributed by atoms with Gasteiger partial charge in [-0.1, -0.05) is 30.3 Å². The fourth-order valence-electron chi connectivity index (χ4n) is 1.88. The van der Waals surface area contributed by atoms with Gasteiger partial charge >= 0.3 is 6.18 Å². The van der Waals surface area contributed by atoms with E-state index in [1.807, 2.05) is 6.92 Å². The summed E-state index contributed by atoms with van der Waals surface area (Å²) in [6, 6.07) is 5.14. The zero-order chi connectivity index (χ0) is 15.3. The van der Waals surface area contributed by atoms with Crippen molar-refractivity contribution < 1.29 is 17.7 Å². The second-order valence-corrected chi connectivity index (χ2v) is 4.58. The Balaban J connectivity index is 2.02. The van der Waals surface area contributed by atoms with Crippen LogP contribution in [0, 0.1) is 0 Å². The van der Waals surface area contributed by atoms with E-state index in [1.165, 1.54) is 6.07 Å². The van der Waals surface area contributed by atoms with Crippen molar-refractivity contribution in [3.05, 3.63) is 47.1 Å². The number of nitrogens with one attached hydrogen (secondary N) is 1. The minimum absolute atomic E-state index is 0.217. The Labute approximate surface area is 120 Å². The summed E-state index contributed by atoms with van der Waals surface area (Å²) in [4.78, 5) is 4.17. The number of benzene rings is 1. The quantitative estimate of drug-likeness (QED) is 0.833. The highest BCUT2D eigenvalue weighted by molar-refractivity contribution is 5.27. The molecule has 0 saturated heterocycles. The molecule has 1 aromatic carbocycles. The predicted octanol–water partition coefficient (Wildman–Crippen LogP) is 2.83. The van der Waals surface area contributed by atoms with Crippen LogP contribution in [0.4, 0.5) is 13.2 Å². The average Bonchev–Trinajstić information content (AvgIpc) is 2.86. The van der Waals surface area contributed by atoms with Gasteiger partial charge in [0.05, 0.1) is 5.56 Å². The lowest BCUT2D eigenvalue weighted by molar-refractivity contribution is -0.137. The topological polar surface area (TPSA) is 51.0 Å². The molecule has 0 aliphatic rings. The molecule has 0 aliphatic heterocycles. The van der Waals surface area contributed by atoms with Crippen LogP contribution in [0.3, 0.4) is 0 Å². The molecule has 0 radical (unpaired) electrons. The number of hydrogen-bond acceptors (Lipinski definition) is 4. The van der Waals surface area contributed by atoms with Gasteiger partial charge in [-0.2, -0.15) is 18.2 Å². The predicted molar refractivity (Wildman–Crippen MR) is 70.8 cm³/mol. The normalized spacial score (nSPS) is 11.8. The number of aromatic nitrogens is 2. The first-order valence-corrected chi connectivity index (χ1v) is 6.67. The summed E-state index contributed by atoms with van der Waals surface area (Å²) in [7, 11) is 0. The summed E-state index contributed by atoms with van der Waals surface area (Å²) in [5.41, 5.74) is -0.167. The van der Waals surface area contributed by atoms with E-state index in [2.05, 4.69) is 15.5 Å². The lowest BCUT2D eigenvalue weighted by atomic mass is 10.1. The maximum absolute atomic E-state index is 12.6. The molecule has 114 valence electrons. The number of alkyl halides is 3.